The fourth-order valence-corrected chi connectivity index (χ4v) is 1.35. The molecule has 1 aromatic heterocycles. The van der Waals surface area contributed by atoms with Gasteiger partial charge in [-0.1, -0.05) is 11.6 Å². The molecule has 118 valence electrons. The second kappa shape index (κ2) is 8.57. The average molecular weight is 329 g/mol. The largest absolute Gasteiger partial charge is 0.454 e. The number of aromatic nitrogens is 1. The minimum atomic E-state index is -0.845. The van der Waals surface area contributed by atoms with Crippen molar-refractivity contribution in [3.05, 3.63) is 29.0 Å². The Labute approximate surface area is 130 Å². The topological polar surface area (TPSA) is 126 Å². The third-order valence-electron chi connectivity index (χ3n) is 2.19. The van der Waals surface area contributed by atoms with Crippen molar-refractivity contribution in [2.45, 2.75) is 0 Å². The molecule has 0 saturated carbocycles. The molecule has 0 aliphatic heterocycles. The van der Waals surface area contributed by atoms with Crippen LogP contribution in [0.3, 0.4) is 0 Å². The Morgan fingerprint density at radius 3 is 2.68 bits per heavy atom. The van der Waals surface area contributed by atoms with Crippen LogP contribution in [-0.2, 0) is 14.3 Å². The second-order valence-corrected chi connectivity index (χ2v) is 4.27. The van der Waals surface area contributed by atoms with Crippen molar-refractivity contribution in [1.29, 1.82) is 0 Å². The van der Waals surface area contributed by atoms with E-state index in [0.29, 0.717) is 5.02 Å². The maximum absolute atomic E-state index is 11.7. The minimum absolute atomic E-state index is 0.0395. The van der Waals surface area contributed by atoms with Gasteiger partial charge in [0.25, 0.3) is 11.8 Å². The lowest BCUT2D eigenvalue weighted by Crippen LogP contribution is -2.40. The Kier molecular flexibility index (Phi) is 6.77. The van der Waals surface area contributed by atoms with E-state index in [0.717, 1.165) is 0 Å². The van der Waals surface area contributed by atoms with Crippen molar-refractivity contribution in [2.75, 3.05) is 20.2 Å². The molecule has 0 aliphatic rings. The van der Waals surface area contributed by atoms with E-state index in [-0.39, 0.29) is 5.69 Å². The summed E-state index contributed by atoms with van der Waals surface area (Å²) >= 11 is 5.70. The van der Waals surface area contributed by atoms with Crippen molar-refractivity contribution < 1.29 is 23.9 Å². The van der Waals surface area contributed by atoms with E-state index in [1.807, 2.05) is 5.32 Å². The number of imide groups is 1. The molecule has 4 amide bonds. The molecule has 1 rings (SSSR count). The smallest absolute Gasteiger partial charge is 0.325 e. The summed E-state index contributed by atoms with van der Waals surface area (Å²) < 4.78 is 4.57. The van der Waals surface area contributed by atoms with Crippen LogP contribution in [0.25, 0.3) is 0 Å². The summed E-state index contributed by atoms with van der Waals surface area (Å²) in [6, 6.07) is 2.11. The highest BCUT2D eigenvalue weighted by molar-refractivity contribution is 6.30. The third-order valence-corrected chi connectivity index (χ3v) is 2.43. The molecular weight excluding hydrogens is 316 g/mol. The molecule has 0 fully saturated rings. The van der Waals surface area contributed by atoms with Gasteiger partial charge in [0.05, 0.1) is 0 Å². The predicted molar refractivity (Wildman–Crippen MR) is 75.1 cm³/mol. The van der Waals surface area contributed by atoms with E-state index in [9.17, 15) is 19.2 Å². The molecule has 3 N–H and O–H groups in total. The molecule has 0 radical (unpaired) electrons. The number of nitrogens with one attached hydrogen (secondary N) is 3. The lowest BCUT2D eigenvalue weighted by molar-refractivity contribution is -0.147. The normalized spacial score (nSPS) is 9.55. The van der Waals surface area contributed by atoms with Crippen LogP contribution in [0.15, 0.2) is 18.3 Å². The van der Waals surface area contributed by atoms with Crippen LogP contribution in [0.2, 0.25) is 5.02 Å². The first-order chi connectivity index (χ1) is 10.4. The second-order valence-electron chi connectivity index (χ2n) is 3.83. The number of amides is 4. The number of carbonyl (C=O) groups is 4. The highest BCUT2D eigenvalue weighted by Gasteiger charge is 2.12. The van der Waals surface area contributed by atoms with Crippen molar-refractivity contribution in [3.63, 3.8) is 0 Å². The van der Waals surface area contributed by atoms with Crippen LogP contribution in [0.1, 0.15) is 10.5 Å². The van der Waals surface area contributed by atoms with Crippen molar-refractivity contribution >= 4 is 35.4 Å². The number of nitrogens with zero attached hydrogens (tertiary/aromatic N) is 1. The molecule has 9 nitrogen and oxygen atoms in total. The van der Waals surface area contributed by atoms with Crippen LogP contribution < -0.4 is 16.0 Å². The fourth-order valence-electron chi connectivity index (χ4n) is 1.19. The number of pyridine rings is 1. The lowest BCUT2D eigenvalue weighted by atomic mass is 10.3. The molecule has 10 heteroatoms. The molecule has 22 heavy (non-hydrogen) atoms. The highest BCUT2D eigenvalue weighted by Crippen LogP contribution is 2.07. The maximum Gasteiger partial charge on any atom is 0.325 e. The van der Waals surface area contributed by atoms with E-state index in [1.165, 1.54) is 25.4 Å². The Bertz CT molecular complexity index is 593. The van der Waals surface area contributed by atoms with Gasteiger partial charge in [0.2, 0.25) is 0 Å². The van der Waals surface area contributed by atoms with Crippen molar-refractivity contribution in [1.82, 2.24) is 20.9 Å². The fraction of sp³-hybridized carbons (Fsp3) is 0.250. The number of esters is 1. The number of carbonyl (C=O) groups excluding carboxylic acids is 4. The predicted octanol–water partition coefficient (Wildman–Crippen LogP) is -0.536. The van der Waals surface area contributed by atoms with Crippen molar-refractivity contribution in [2.24, 2.45) is 0 Å². The summed E-state index contributed by atoms with van der Waals surface area (Å²) in [5.41, 5.74) is 0.0395. The first kappa shape index (κ1) is 17.4. The maximum atomic E-state index is 11.7. The standard InChI is InChI=1S/C12H13ClN4O5/c1-14-12(21)17-9(18)6-22-10(19)5-16-11(20)8-4-7(13)2-3-15-8/h2-4H,5-6H2,1H3,(H,16,20)(H2,14,17,18,21). The lowest BCUT2D eigenvalue weighted by Gasteiger charge is -2.06. The first-order valence-electron chi connectivity index (χ1n) is 5.99. The third kappa shape index (κ3) is 6.18. The Morgan fingerprint density at radius 2 is 2.05 bits per heavy atom. The van der Waals surface area contributed by atoms with Crippen LogP contribution >= 0.6 is 11.6 Å². The Hall–Kier alpha value is -2.68. The zero-order valence-electron chi connectivity index (χ0n) is 11.5. The molecule has 0 bridgehead atoms. The quantitative estimate of drug-likeness (QED) is 0.623. The molecule has 1 heterocycles. The Morgan fingerprint density at radius 1 is 1.32 bits per heavy atom. The van der Waals surface area contributed by atoms with Gasteiger partial charge in [-0.15, -0.1) is 0 Å². The molecule has 0 aliphatic carbocycles. The Balaban J connectivity index is 2.32. The van der Waals surface area contributed by atoms with Crippen LogP contribution in [-0.4, -0.2) is 49.0 Å². The minimum Gasteiger partial charge on any atom is -0.454 e. The first-order valence-corrected chi connectivity index (χ1v) is 6.37. The molecule has 1 aromatic rings. The van der Waals surface area contributed by atoms with Gasteiger partial charge in [0.1, 0.15) is 12.2 Å². The summed E-state index contributed by atoms with van der Waals surface area (Å²) in [6.07, 6.45) is 1.35. The monoisotopic (exact) mass is 328 g/mol. The van der Waals surface area contributed by atoms with Crippen LogP contribution in [0.4, 0.5) is 4.79 Å². The van der Waals surface area contributed by atoms with Gasteiger partial charge in [-0.25, -0.2) is 4.79 Å². The average Bonchev–Trinajstić information content (AvgIpc) is 2.50. The summed E-state index contributed by atoms with van der Waals surface area (Å²) in [5.74, 6) is -2.26. The van der Waals surface area contributed by atoms with E-state index in [4.69, 9.17) is 11.6 Å². The summed E-state index contributed by atoms with van der Waals surface area (Å²) in [7, 11) is 1.33. The van der Waals surface area contributed by atoms with E-state index in [2.05, 4.69) is 20.4 Å². The van der Waals surface area contributed by atoms with Gasteiger partial charge < -0.3 is 15.4 Å². The molecule has 0 aromatic carbocycles. The highest BCUT2D eigenvalue weighted by atomic mass is 35.5. The summed E-state index contributed by atoms with van der Waals surface area (Å²) in [6.45, 7) is -1.10. The number of ether oxygens (including phenoxy) is 1. The van der Waals surface area contributed by atoms with E-state index in [1.54, 1.807) is 0 Å². The van der Waals surface area contributed by atoms with Gasteiger partial charge >= 0.3 is 12.0 Å². The number of hydrogen-bond donors (Lipinski definition) is 3. The zero-order chi connectivity index (χ0) is 16.5. The summed E-state index contributed by atoms with van der Waals surface area (Å²) in [4.78, 5) is 48.7. The van der Waals surface area contributed by atoms with E-state index >= 15 is 0 Å². The van der Waals surface area contributed by atoms with Crippen LogP contribution in [0.5, 0.6) is 0 Å². The molecule has 0 unspecified atom stereocenters. The van der Waals surface area contributed by atoms with Crippen LogP contribution in [0, 0.1) is 0 Å². The van der Waals surface area contributed by atoms with Gasteiger partial charge in [-0.05, 0) is 12.1 Å². The number of urea groups is 1. The molecule has 0 spiro atoms. The number of hydrogen-bond acceptors (Lipinski definition) is 6. The molecule has 0 saturated heterocycles. The van der Waals surface area contributed by atoms with Gasteiger partial charge in [0, 0.05) is 18.3 Å². The van der Waals surface area contributed by atoms with Gasteiger partial charge in [-0.3, -0.25) is 24.7 Å². The van der Waals surface area contributed by atoms with E-state index < -0.39 is 37.0 Å². The zero-order valence-corrected chi connectivity index (χ0v) is 12.3. The van der Waals surface area contributed by atoms with Gasteiger partial charge in [-0.2, -0.15) is 0 Å². The van der Waals surface area contributed by atoms with Crippen molar-refractivity contribution in [3.8, 4) is 0 Å². The number of rotatable bonds is 5. The summed E-state index contributed by atoms with van der Waals surface area (Å²) in [5, 5.41) is 6.65. The molecule has 0 atom stereocenters. The number of halogens is 1. The SMILES string of the molecule is CNC(=O)NC(=O)COC(=O)CNC(=O)c1cc(Cl)ccn1. The van der Waals surface area contributed by atoms with Gasteiger partial charge in [0.15, 0.2) is 6.61 Å². The molecular formula is C12H13ClN4O5.